The molecule has 3 fully saturated rings. The van der Waals surface area contributed by atoms with Crippen molar-refractivity contribution in [3.63, 3.8) is 0 Å². The molecule has 0 aromatic rings. The average Bonchev–Trinajstić information content (AvgIpc) is 2.85. The van der Waals surface area contributed by atoms with Crippen molar-refractivity contribution in [1.82, 2.24) is 4.90 Å². The fourth-order valence-electron chi connectivity index (χ4n) is 4.19. The lowest BCUT2D eigenvalue weighted by atomic mass is 9.83. The molecule has 0 bridgehead atoms. The maximum absolute atomic E-state index is 10.5. The number of ether oxygens (including phenoxy) is 1. The van der Waals surface area contributed by atoms with Crippen LogP contribution in [0.3, 0.4) is 0 Å². The monoisotopic (exact) mass is 255 g/mol. The molecule has 0 radical (unpaired) electrons. The van der Waals surface area contributed by atoms with Gasteiger partial charge in [0.15, 0.2) is 0 Å². The van der Waals surface area contributed by atoms with Crippen molar-refractivity contribution >= 4 is 0 Å². The van der Waals surface area contributed by atoms with E-state index in [1.165, 1.54) is 19.3 Å². The van der Waals surface area contributed by atoms with Gasteiger partial charge in [-0.1, -0.05) is 13.3 Å². The molecule has 0 aromatic carbocycles. The Morgan fingerprint density at radius 1 is 1.22 bits per heavy atom. The Hall–Kier alpha value is -0.160. The summed E-state index contributed by atoms with van der Waals surface area (Å²) in [6, 6.07) is 0. The van der Waals surface area contributed by atoms with Crippen LogP contribution in [0.4, 0.5) is 0 Å². The molecule has 104 valence electrons. The second-order valence-electron chi connectivity index (χ2n) is 6.70. The lowest BCUT2D eigenvalue weighted by Gasteiger charge is -2.40. The van der Waals surface area contributed by atoms with E-state index in [1.807, 2.05) is 4.90 Å². The molecule has 1 aliphatic carbocycles. The van der Waals surface area contributed by atoms with E-state index in [2.05, 4.69) is 6.92 Å². The lowest BCUT2D eigenvalue weighted by Crippen LogP contribution is -2.55. The first-order chi connectivity index (χ1) is 8.52. The summed E-state index contributed by atoms with van der Waals surface area (Å²) in [5.74, 6) is -1.04. The second-order valence-corrected chi connectivity index (χ2v) is 6.70. The molecule has 2 saturated heterocycles. The number of hydrogen-bond donors (Lipinski definition) is 2. The Kier molecular flexibility index (Phi) is 3.17. The predicted octanol–water partition coefficient (Wildman–Crippen LogP) is 1.17. The summed E-state index contributed by atoms with van der Waals surface area (Å²) in [6.45, 7) is 5.30. The number of likely N-dealkylation sites (tertiary alicyclic amines) is 1. The Balaban J connectivity index is 1.71. The van der Waals surface area contributed by atoms with E-state index in [-0.39, 0.29) is 5.92 Å². The highest BCUT2D eigenvalue weighted by molar-refractivity contribution is 5.00. The van der Waals surface area contributed by atoms with E-state index >= 15 is 0 Å². The molecular weight excluding hydrogens is 230 g/mol. The fourth-order valence-corrected chi connectivity index (χ4v) is 4.19. The summed E-state index contributed by atoms with van der Waals surface area (Å²) in [6.07, 6.45) is 5.29. The van der Waals surface area contributed by atoms with Crippen LogP contribution in [0.1, 0.15) is 39.0 Å². The van der Waals surface area contributed by atoms with Crippen LogP contribution >= 0.6 is 0 Å². The van der Waals surface area contributed by atoms with Crippen molar-refractivity contribution in [3.8, 4) is 0 Å². The summed E-state index contributed by atoms with van der Waals surface area (Å²) in [5, 5.41) is 21.1. The van der Waals surface area contributed by atoms with Crippen LogP contribution in [0.2, 0.25) is 0 Å². The van der Waals surface area contributed by atoms with E-state index in [1.54, 1.807) is 0 Å². The molecule has 4 heteroatoms. The normalized spacial score (nSPS) is 39.2. The van der Waals surface area contributed by atoms with Crippen LogP contribution in [0.5, 0.6) is 0 Å². The maximum atomic E-state index is 10.5. The lowest BCUT2D eigenvalue weighted by molar-refractivity contribution is -0.302. The zero-order valence-electron chi connectivity index (χ0n) is 11.3. The molecule has 0 spiro atoms. The number of fused-ring (bicyclic) bond motifs is 1. The first kappa shape index (κ1) is 12.9. The number of hydrogen-bond acceptors (Lipinski definition) is 4. The molecule has 2 unspecified atom stereocenters. The standard InChI is InChI=1S/C14H25NO3/c1-13-6-2-3-12(13)9-15(10-13)14(16,17)11-4-7-18-8-5-11/h11-12,16-17H,2-10H2,1H3. The smallest absolute Gasteiger partial charge is 0.228 e. The molecular formula is C14H25NO3. The van der Waals surface area contributed by atoms with Crippen LogP contribution in [0, 0.1) is 17.3 Å². The third-order valence-corrected chi connectivity index (χ3v) is 5.51. The van der Waals surface area contributed by atoms with Crippen molar-refractivity contribution in [1.29, 1.82) is 0 Å². The van der Waals surface area contributed by atoms with Crippen LogP contribution in [0.15, 0.2) is 0 Å². The summed E-state index contributed by atoms with van der Waals surface area (Å²) >= 11 is 0. The highest BCUT2D eigenvalue weighted by atomic mass is 16.5. The Bertz CT molecular complexity index is 314. The van der Waals surface area contributed by atoms with Crippen LogP contribution < -0.4 is 0 Å². The minimum Gasteiger partial charge on any atom is -0.381 e. The predicted molar refractivity (Wildman–Crippen MR) is 67.7 cm³/mol. The largest absolute Gasteiger partial charge is 0.381 e. The number of nitrogens with zero attached hydrogens (tertiary/aromatic N) is 1. The van der Waals surface area contributed by atoms with Crippen molar-refractivity contribution in [2.45, 2.75) is 44.9 Å². The van der Waals surface area contributed by atoms with Crippen molar-refractivity contribution in [2.24, 2.45) is 17.3 Å². The third-order valence-electron chi connectivity index (χ3n) is 5.51. The molecule has 0 aromatic heterocycles. The summed E-state index contributed by atoms with van der Waals surface area (Å²) < 4.78 is 5.31. The average molecular weight is 255 g/mol. The van der Waals surface area contributed by atoms with Crippen LogP contribution in [-0.2, 0) is 4.74 Å². The van der Waals surface area contributed by atoms with Gasteiger partial charge in [-0.3, -0.25) is 4.90 Å². The van der Waals surface area contributed by atoms with Crippen molar-refractivity contribution < 1.29 is 14.9 Å². The van der Waals surface area contributed by atoms with Gasteiger partial charge in [-0.25, -0.2) is 0 Å². The van der Waals surface area contributed by atoms with E-state index in [4.69, 9.17) is 4.74 Å². The molecule has 2 N–H and O–H groups in total. The van der Waals surface area contributed by atoms with Gasteiger partial charge in [-0.2, -0.15) is 0 Å². The molecule has 1 saturated carbocycles. The van der Waals surface area contributed by atoms with Gasteiger partial charge in [-0.15, -0.1) is 0 Å². The zero-order chi connectivity index (χ0) is 12.8. The SMILES string of the molecule is CC12CCCC1CN(C(O)(O)C1CCOCC1)C2. The molecule has 3 aliphatic rings. The Morgan fingerprint density at radius 3 is 2.61 bits per heavy atom. The van der Waals surface area contributed by atoms with E-state index in [0.717, 1.165) is 25.9 Å². The van der Waals surface area contributed by atoms with Gasteiger partial charge in [0.05, 0.1) is 0 Å². The van der Waals surface area contributed by atoms with E-state index in [9.17, 15) is 10.2 Å². The maximum Gasteiger partial charge on any atom is 0.228 e. The second kappa shape index (κ2) is 4.44. The molecule has 0 amide bonds. The topological polar surface area (TPSA) is 52.9 Å². The van der Waals surface area contributed by atoms with Crippen molar-refractivity contribution in [3.05, 3.63) is 0 Å². The highest BCUT2D eigenvalue weighted by Crippen LogP contribution is 2.50. The first-order valence-electron chi connectivity index (χ1n) is 7.30. The summed E-state index contributed by atoms with van der Waals surface area (Å²) in [5.41, 5.74) is 0.307. The van der Waals surface area contributed by atoms with Gasteiger partial charge in [0.1, 0.15) is 0 Å². The molecule has 18 heavy (non-hydrogen) atoms. The first-order valence-corrected chi connectivity index (χ1v) is 7.30. The quantitative estimate of drug-likeness (QED) is 0.727. The van der Waals surface area contributed by atoms with Gasteiger partial charge in [0.2, 0.25) is 5.91 Å². The Morgan fingerprint density at radius 2 is 1.94 bits per heavy atom. The van der Waals surface area contributed by atoms with Crippen LogP contribution in [0.25, 0.3) is 0 Å². The van der Waals surface area contributed by atoms with E-state index < -0.39 is 5.91 Å². The van der Waals surface area contributed by atoms with Gasteiger partial charge in [0, 0.05) is 32.2 Å². The van der Waals surface area contributed by atoms with Gasteiger partial charge in [-0.05, 0) is 37.0 Å². The summed E-state index contributed by atoms with van der Waals surface area (Å²) in [7, 11) is 0. The number of rotatable bonds is 2. The molecule has 2 aliphatic heterocycles. The fraction of sp³-hybridized carbons (Fsp3) is 1.00. The molecule has 2 atom stereocenters. The third kappa shape index (κ3) is 1.99. The highest BCUT2D eigenvalue weighted by Gasteiger charge is 2.53. The molecule has 4 nitrogen and oxygen atoms in total. The Labute approximate surface area is 109 Å². The summed E-state index contributed by atoms with van der Waals surface area (Å²) in [4.78, 5) is 1.92. The van der Waals surface area contributed by atoms with Gasteiger partial charge < -0.3 is 14.9 Å². The minimum atomic E-state index is -1.63. The minimum absolute atomic E-state index is 0.0614. The zero-order valence-corrected chi connectivity index (χ0v) is 11.3. The van der Waals surface area contributed by atoms with Gasteiger partial charge >= 0.3 is 0 Å². The molecule has 3 rings (SSSR count). The van der Waals surface area contributed by atoms with Crippen molar-refractivity contribution in [2.75, 3.05) is 26.3 Å². The molecule has 2 heterocycles. The van der Waals surface area contributed by atoms with Crippen LogP contribution in [-0.4, -0.2) is 47.3 Å². The van der Waals surface area contributed by atoms with E-state index in [0.29, 0.717) is 24.5 Å². The number of aliphatic hydroxyl groups is 2. The van der Waals surface area contributed by atoms with Gasteiger partial charge in [0.25, 0.3) is 0 Å².